The number of aromatic nitrogens is 2. The third-order valence-corrected chi connectivity index (χ3v) is 6.09. The molecule has 0 fully saturated rings. The summed E-state index contributed by atoms with van der Waals surface area (Å²) in [4.78, 5) is 26.9. The minimum Gasteiger partial charge on any atom is -0.336 e. The van der Waals surface area contributed by atoms with Gasteiger partial charge in [-0.25, -0.2) is 9.48 Å². The van der Waals surface area contributed by atoms with Gasteiger partial charge in [0.15, 0.2) is 0 Å². The summed E-state index contributed by atoms with van der Waals surface area (Å²) in [5, 5.41) is 10.9. The van der Waals surface area contributed by atoms with E-state index >= 15 is 0 Å². The third-order valence-electron chi connectivity index (χ3n) is 6.09. The number of carbonyl (C=O) groups is 2. The van der Waals surface area contributed by atoms with Gasteiger partial charge in [0.2, 0.25) is 5.91 Å². The van der Waals surface area contributed by atoms with Crippen LogP contribution in [0.15, 0.2) is 54.6 Å². The highest BCUT2D eigenvalue weighted by Gasteiger charge is 2.29. The first-order valence-corrected chi connectivity index (χ1v) is 10.7. The minimum absolute atomic E-state index is 0.00156. The number of fused-ring (bicyclic) bond motifs is 2. The Kier molecular flexibility index (Phi) is 4.94. The molecule has 0 saturated carbocycles. The summed E-state index contributed by atoms with van der Waals surface area (Å²) in [5.74, 6) is 0.727. The van der Waals surface area contributed by atoms with E-state index in [4.69, 9.17) is 5.10 Å². The summed E-state index contributed by atoms with van der Waals surface area (Å²) in [5.41, 5.74) is 5.18. The number of aryl methyl sites for hydroxylation is 1. The lowest BCUT2D eigenvalue weighted by atomic mass is 9.95. The fraction of sp³-hybridized carbons (Fsp3) is 0.292. The van der Waals surface area contributed by atoms with Crippen LogP contribution in [0.3, 0.4) is 0 Å². The maximum absolute atomic E-state index is 13.1. The van der Waals surface area contributed by atoms with Crippen LogP contribution in [0.2, 0.25) is 0 Å². The number of hydrogen-bond acceptors (Lipinski definition) is 3. The van der Waals surface area contributed by atoms with Crippen LogP contribution in [0.25, 0.3) is 5.69 Å². The number of nitrogens with one attached hydrogen (secondary N) is 2. The van der Waals surface area contributed by atoms with E-state index in [1.54, 1.807) is 11.8 Å². The lowest BCUT2D eigenvalue weighted by molar-refractivity contribution is -0.130. The largest absolute Gasteiger partial charge is 0.336 e. The quantitative estimate of drug-likeness (QED) is 0.686. The first-order valence-electron chi connectivity index (χ1n) is 10.7. The second-order valence-electron chi connectivity index (χ2n) is 8.12. The van der Waals surface area contributed by atoms with Crippen molar-refractivity contribution in [2.24, 2.45) is 0 Å². The molecule has 1 unspecified atom stereocenters. The molecule has 0 spiro atoms. The standard InChI is InChI=1S/C24H25N5O2/c1-16(30)28-14-17-8-5-6-11-19(17)22(15-28)25-24(31)26-23-20-12-7-13-21(20)27-29(23)18-9-3-2-4-10-18/h2-6,8-11,22H,7,12-15H2,1H3,(H2,25,26,31). The maximum Gasteiger partial charge on any atom is 0.320 e. The predicted octanol–water partition coefficient (Wildman–Crippen LogP) is 3.59. The molecule has 7 heteroatoms. The fourth-order valence-corrected chi connectivity index (χ4v) is 4.55. The van der Waals surface area contributed by atoms with Crippen LogP contribution in [-0.4, -0.2) is 33.2 Å². The van der Waals surface area contributed by atoms with Crippen LogP contribution in [-0.2, 0) is 24.2 Å². The van der Waals surface area contributed by atoms with Gasteiger partial charge in [0, 0.05) is 25.6 Å². The monoisotopic (exact) mass is 415 g/mol. The SMILES string of the molecule is CC(=O)N1Cc2ccccc2C(NC(=O)Nc2c3c(nn2-c2ccccc2)CCC3)C1. The molecule has 1 aromatic heterocycles. The third kappa shape index (κ3) is 3.67. The van der Waals surface area contributed by atoms with E-state index in [0.29, 0.717) is 13.1 Å². The molecule has 0 bridgehead atoms. The van der Waals surface area contributed by atoms with Crippen LogP contribution < -0.4 is 10.6 Å². The Morgan fingerprint density at radius 2 is 1.81 bits per heavy atom. The molecule has 3 amide bonds. The number of anilines is 1. The number of nitrogens with zero attached hydrogens (tertiary/aromatic N) is 3. The molecule has 1 aliphatic heterocycles. The lowest BCUT2D eigenvalue weighted by Crippen LogP contribution is -2.44. The Labute approximate surface area is 181 Å². The van der Waals surface area contributed by atoms with E-state index in [1.807, 2.05) is 59.3 Å². The van der Waals surface area contributed by atoms with E-state index in [2.05, 4.69) is 10.6 Å². The van der Waals surface area contributed by atoms with Gasteiger partial charge in [0.05, 0.1) is 17.4 Å². The Morgan fingerprint density at radius 3 is 2.61 bits per heavy atom. The van der Waals surface area contributed by atoms with Crippen molar-refractivity contribution in [3.05, 3.63) is 77.0 Å². The molecular weight excluding hydrogens is 390 g/mol. The Hall–Kier alpha value is -3.61. The van der Waals surface area contributed by atoms with Gasteiger partial charge in [0.1, 0.15) is 5.82 Å². The van der Waals surface area contributed by atoms with Gasteiger partial charge in [-0.3, -0.25) is 10.1 Å². The summed E-state index contributed by atoms with van der Waals surface area (Å²) in [6.45, 7) is 2.59. The van der Waals surface area contributed by atoms with Crippen molar-refractivity contribution in [3.8, 4) is 5.69 Å². The number of para-hydroxylation sites is 1. The first-order chi connectivity index (χ1) is 15.1. The normalized spacial score (nSPS) is 17.1. The predicted molar refractivity (Wildman–Crippen MR) is 118 cm³/mol. The Balaban J connectivity index is 1.41. The van der Waals surface area contributed by atoms with Crippen molar-refractivity contribution in [1.82, 2.24) is 20.0 Å². The van der Waals surface area contributed by atoms with E-state index in [0.717, 1.165) is 53.2 Å². The summed E-state index contributed by atoms with van der Waals surface area (Å²) in [7, 11) is 0. The zero-order chi connectivity index (χ0) is 21.4. The molecule has 158 valence electrons. The van der Waals surface area contributed by atoms with Crippen molar-refractivity contribution in [2.45, 2.75) is 38.8 Å². The molecule has 0 radical (unpaired) electrons. The number of rotatable bonds is 3. The fourth-order valence-electron chi connectivity index (χ4n) is 4.55. The Bertz CT molecular complexity index is 1140. The molecule has 2 heterocycles. The topological polar surface area (TPSA) is 79.3 Å². The smallest absolute Gasteiger partial charge is 0.320 e. The molecule has 5 rings (SSSR count). The zero-order valence-electron chi connectivity index (χ0n) is 17.5. The van der Waals surface area contributed by atoms with E-state index < -0.39 is 0 Å². The van der Waals surface area contributed by atoms with Crippen LogP contribution in [0.4, 0.5) is 10.6 Å². The van der Waals surface area contributed by atoms with Gasteiger partial charge >= 0.3 is 6.03 Å². The number of benzene rings is 2. The molecule has 1 aliphatic carbocycles. The van der Waals surface area contributed by atoms with Gasteiger partial charge in [-0.2, -0.15) is 5.10 Å². The molecule has 0 saturated heterocycles. The van der Waals surface area contributed by atoms with Gasteiger partial charge < -0.3 is 10.2 Å². The van der Waals surface area contributed by atoms with Crippen molar-refractivity contribution in [1.29, 1.82) is 0 Å². The summed E-state index contributed by atoms with van der Waals surface area (Å²) in [6, 6.07) is 17.2. The van der Waals surface area contributed by atoms with Crippen molar-refractivity contribution in [3.63, 3.8) is 0 Å². The highest BCUT2D eigenvalue weighted by Crippen LogP contribution is 2.31. The van der Waals surface area contributed by atoms with Gasteiger partial charge in [-0.1, -0.05) is 42.5 Å². The average molecular weight is 415 g/mol. The minimum atomic E-state index is -0.294. The molecule has 1 atom stereocenters. The van der Waals surface area contributed by atoms with Gasteiger partial charge in [-0.15, -0.1) is 0 Å². The molecule has 7 nitrogen and oxygen atoms in total. The molecule has 2 aromatic carbocycles. The van der Waals surface area contributed by atoms with E-state index in [-0.39, 0.29) is 18.0 Å². The Morgan fingerprint density at radius 1 is 1.03 bits per heavy atom. The van der Waals surface area contributed by atoms with Gasteiger partial charge in [0.25, 0.3) is 0 Å². The maximum atomic E-state index is 13.1. The number of urea groups is 1. The van der Waals surface area contributed by atoms with Crippen LogP contribution in [0.1, 0.15) is 41.8 Å². The van der Waals surface area contributed by atoms with Crippen LogP contribution in [0, 0.1) is 0 Å². The highest BCUT2D eigenvalue weighted by atomic mass is 16.2. The molecule has 31 heavy (non-hydrogen) atoms. The number of carbonyl (C=O) groups excluding carboxylic acids is 2. The summed E-state index contributed by atoms with van der Waals surface area (Å²) >= 11 is 0. The second-order valence-corrected chi connectivity index (χ2v) is 8.12. The summed E-state index contributed by atoms with van der Waals surface area (Å²) < 4.78 is 1.82. The average Bonchev–Trinajstić information content (AvgIpc) is 3.37. The molecule has 2 N–H and O–H groups in total. The van der Waals surface area contributed by atoms with Crippen LogP contribution >= 0.6 is 0 Å². The second kappa shape index (κ2) is 7.91. The molecule has 3 aromatic rings. The van der Waals surface area contributed by atoms with Crippen molar-refractivity contribution < 1.29 is 9.59 Å². The molecule has 2 aliphatic rings. The lowest BCUT2D eigenvalue weighted by Gasteiger charge is -2.34. The van der Waals surface area contributed by atoms with Gasteiger partial charge in [-0.05, 0) is 42.5 Å². The highest BCUT2D eigenvalue weighted by molar-refractivity contribution is 5.90. The van der Waals surface area contributed by atoms with Crippen molar-refractivity contribution >= 4 is 17.8 Å². The van der Waals surface area contributed by atoms with E-state index in [1.165, 1.54) is 0 Å². The first kappa shape index (κ1) is 19.4. The number of amides is 3. The van der Waals surface area contributed by atoms with Crippen LogP contribution in [0.5, 0.6) is 0 Å². The van der Waals surface area contributed by atoms with E-state index in [9.17, 15) is 9.59 Å². The summed E-state index contributed by atoms with van der Waals surface area (Å²) in [6.07, 6.45) is 2.88. The number of hydrogen-bond donors (Lipinski definition) is 2. The van der Waals surface area contributed by atoms with Crippen molar-refractivity contribution in [2.75, 3.05) is 11.9 Å². The zero-order valence-corrected chi connectivity index (χ0v) is 17.5. The molecular formula is C24H25N5O2.